The van der Waals surface area contributed by atoms with Crippen molar-refractivity contribution in [2.45, 2.75) is 30.6 Å². The molecule has 4 rings (SSSR count). The number of aromatic nitrogens is 1. The summed E-state index contributed by atoms with van der Waals surface area (Å²) in [5, 5.41) is 11.5. The van der Waals surface area contributed by atoms with Crippen molar-refractivity contribution < 1.29 is 9.84 Å². The summed E-state index contributed by atoms with van der Waals surface area (Å²) in [7, 11) is 3.86. The largest absolute Gasteiger partial charge is 0.392 e. The second kappa shape index (κ2) is 4.07. The number of aliphatic hydroxyl groups excluding tert-OH is 1. The van der Waals surface area contributed by atoms with E-state index in [4.69, 9.17) is 4.74 Å². The average molecular weight is 272 g/mol. The number of fused-ring (bicyclic) bond motifs is 2. The second-order valence-electron chi connectivity index (χ2n) is 6.15. The second-order valence-corrected chi connectivity index (χ2v) is 6.15. The summed E-state index contributed by atoms with van der Waals surface area (Å²) in [4.78, 5) is 5.60. The standard InChI is InChI=1S/C16H20N2O2/c1-18-9-11(19)7-16(20-2)12-4-3-5-13-15(12)10(8-17-13)6-14(16)18/h3-5,8,11,14,17,19H,6-7,9H2,1-2H3/t11-,14-,16?/m1/s1. The normalized spacial score (nSPS) is 33.4. The Kier molecular flexibility index (Phi) is 2.52. The zero-order valence-electron chi connectivity index (χ0n) is 11.9. The molecule has 0 spiro atoms. The van der Waals surface area contributed by atoms with Crippen LogP contribution in [0.25, 0.3) is 10.9 Å². The fraction of sp³-hybridized carbons (Fsp3) is 0.500. The molecule has 4 nitrogen and oxygen atoms in total. The van der Waals surface area contributed by atoms with Gasteiger partial charge in [0.05, 0.1) is 6.10 Å². The topological polar surface area (TPSA) is 48.5 Å². The number of ether oxygens (including phenoxy) is 1. The lowest BCUT2D eigenvalue weighted by Gasteiger charge is -2.52. The minimum Gasteiger partial charge on any atom is -0.392 e. The molecule has 1 unspecified atom stereocenters. The van der Waals surface area contributed by atoms with Crippen molar-refractivity contribution in [3.05, 3.63) is 35.5 Å². The van der Waals surface area contributed by atoms with E-state index < -0.39 is 5.60 Å². The molecule has 0 radical (unpaired) electrons. The van der Waals surface area contributed by atoms with Crippen LogP contribution in [0, 0.1) is 0 Å². The molecule has 1 aliphatic carbocycles. The van der Waals surface area contributed by atoms with Gasteiger partial charge in [0.1, 0.15) is 5.60 Å². The monoisotopic (exact) mass is 272 g/mol. The lowest BCUT2D eigenvalue weighted by atomic mass is 9.70. The van der Waals surface area contributed by atoms with Crippen LogP contribution in [0.15, 0.2) is 24.4 Å². The summed E-state index contributed by atoms with van der Waals surface area (Å²) >= 11 is 0. The average Bonchev–Trinajstić information content (AvgIpc) is 2.85. The molecule has 1 aromatic carbocycles. The van der Waals surface area contributed by atoms with Gasteiger partial charge in [0.15, 0.2) is 0 Å². The fourth-order valence-corrected chi connectivity index (χ4v) is 4.28. The van der Waals surface area contributed by atoms with E-state index >= 15 is 0 Å². The quantitative estimate of drug-likeness (QED) is 0.829. The van der Waals surface area contributed by atoms with Crippen LogP contribution < -0.4 is 0 Å². The molecule has 1 aromatic heterocycles. The number of aromatic amines is 1. The zero-order chi connectivity index (χ0) is 13.9. The molecular weight excluding hydrogens is 252 g/mol. The maximum Gasteiger partial charge on any atom is 0.112 e. The van der Waals surface area contributed by atoms with Gasteiger partial charge in [-0.1, -0.05) is 12.1 Å². The van der Waals surface area contributed by atoms with Crippen LogP contribution in [-0.4, -0.2) is 47.8 Å². The van der Waals surface area contributed by atoms with Crippen molar-refractivity contribution >= 4 is 10.9 Å². The molecule has 20 heavy (non-hydrogen) atoms. The first-order valence-electron chi connectivity index (χ1n) is 7.18. The number of aliphatic hydroxyl groups is 1. The number of benzene rings is 1. The van der Waals surface area contributed by atoms with Crippen molar-refractivity contribution in [2.75, 3.05) is 20.7 Å². The molecule has 2 heterocycles. The Labute approximate surface area is 118 Å². The Bertz CT molecular complexity index is 666. The van der Waals surface area contributed by atoms with Gasteiger partial charge in [0, 0.05) is 43.2 Å². The third kappa shape index (κ3) is 1.41. The van der Waals surface area contributed by atoms with Gasteiger partial charge in [-0.05, 0) is 30.7 Å². The number of nitrogens with zero attached hydrogens (tertiary/aromatic N) is 1. The van der Waals surface area contributed by atoms with E-state index in [-0.39, 0.29) is 12.1 Å². The highest BCUT2D eigenvalue weighted by Gasteiger charge is 2.51. The molecule has 0 saturated carbocycles. The molecule has 1 aliphatic heterocycles. The number of likely N-dealkylation sites (tertiary alicyclic amines) is 1. The third-order valence-corrected chi connectivity index (χ3v) is 5.13. The van der Waals surface area contributed by atoms with Gasteiger partial charge >= 0.3 is 0 Å². The van der Waals surface area contributed by atoms with Crippen LogP contribution in [0.3, 0.4) is 0 Å². The Morgan fingerprint density at radius 1 is 1.45 bits per heavy atom. The number of methoxy groups -OCH3 is 1. The maximum atomic E-state index is 10.2. The summed E-state index contributed by atoms with van der Waals surface area (Å²) in [6.45, 7) is 0.714. The summed E-state index contributed by atoms with van der Waals surface area (Å²) in [6.07, 6.45) is 3.41. The molecule has 0 bridgehead atoms. The van der Waals surface area contributed by atoms with E-state index in [0.717, 1.165) is 11.9 Å². The van der Waals surface area contributed by atoms with Crippen molar-refractivity contribution in [3.8, 4) is 0 Å². The molecule has 1 saturated heterocycles. The van der Waals surface area contributed by atoms with Crippen LogP contribution in [-0.2, 0) is 16.8 Å². The molecule has 1 fully saturated rings. The summed E-state index contributed by atoms with van der Waals surface area (Å²) in [5.41, 5.74) is 3.34. The highest BCUT2D eigenvalue weighted by molar-refractivity contribution is 5.88. The minimum atomic E-state index is -0.402. The third-order valence-electron chi connectivity index (χ3n) is 5.13. The molecule has 2 aliphatic rings. The molecule has 4 heteroatoms. The Morgan fingerprint density at radius 3 is 3.10 bits per heavy atom. The summed E-state index contributed by atoms with van der Waals surface area (Å²) in [5.74, 6) is 0. The molecule has 0 amide bonds. The van der Waals surface area contributed by atoms with Crippen LogP contribution in [0.2, 0.25) is 0 Å². The number of nitrogens with one attached hydrogen (secondary N) is 1. The molecule has 106 valence electrons. The van der Waals surface area contributed by atoms with Crippen molar-refractivity contribution in [2.24, 2.45) is 0 Å². The summed E-state index contributed by atoms with van der Waals surface area (Å²) < 4.78 is 6.02. The Hall–Kier alpha value is -1.36. The van der Waals surface area contributed by atoms with Gasteiger partial charge in [0.25, 0.3) is 0 Å². The molecule has 2 aromatic rings. The van der Waals surface area contributed by atoms with Gasteiger partial charge in [-0.25, -0.2) is 0 Å². The lowest BCUT2D eigenvalue weighted by Crippen LogP contribution is -2.60. The SMILES string of the molecule is COC12C[C@@H](O)CN(C)[C@@H]1Cc1c[nH]c3cccc2c13. The first kappa shape index (κ1) is 12.4. The maximum absolute atomic E-state index is 10.2. The van der Waals surface area contributed by atoms with E-state index in [1.54, 1.807) is 7.11 Å². The van der Waals surface area contributed by atoms with E-state index in [9.17, 15) is 5.11 Å². The highest BCUT2D eigenvalue weighted by atomic mass is 16.5. The van der Waals surface area contributed by atoms with Gasteiger partial charge in [-0.15, -0.1) is 0 Å². The first-order chi connectivity index (χ1) is 9.65. The van der Waals surface area contributed by atoms with E-state index in [0.29, 0.717) is 13.0 Å². The number of likely N-dealkylation sites (N-methyl/N-ethyl adjacent to an activating group) is 1. The van der Waals surface area contributed by atoms with E-state index in [2.05, 4.69) is 41.3 Å². The molecule has 2 N–H and O–H groups in total. The van der Waals surface area contributed by atoms with Gasteiger partial charge in [-0.2, -0.15) is 0 Å². The first-order valence-corrected chi connectivity index (χ1v) is 7.18. The van der Waals surface area contributed by atoms with Gasteiger partial charge in [-0.3, -0.25) is 4.90 Å². The minimum absolute atomic E-state index is 0.282. The lowest BCUT2D eigenvalue weighted by molar-refractivity contribution is -0.141. The molecule has 3 atom stereocenters. The number of hydrogen-bond acceptors (Lipinski definition) is 3. The van der Waals surface area contributed by atoms with Gasteiger partial charge in [0.2, 0.25) is 0 Å². The molecular formula is C16H20N2O2. The van der Waals surface area contributed by atoms with Crippen LogP contribution in [0.1, 0.15) is 17.5 Å². The Morgan fingerprint density at radius 2 is 2.30 bits per heavy atom. The number of β-amino-alcohol motifs (C(OH)–C–C–N with tert-alkyl or cyclic N) is 1. The zero-order valence-corrected chi connectivity index (χ0v) is 11.9. The van der Waals surface area contributed by atoms with Gasteiger partial charge < -0.3 is 14.8 Å². The fourth-order valence-electron chi connectivity index (χ4n) is 4.28. The predicted octanol–water partition coefficient (Wildman–Crippen LogP) is 1.63. The number of hydrogen-bond donors (Lipinski definition) is 2. The smallest absolute Gasteiger partial charge is 0.112 e. The summed E-state index contributed by atoms with van der Waals surface area (Å²) in [6, 6.07) is 6.61. The van der Waals surface area contributed by atoms with E-state index in [1.807, 2.05) is 0 Å². The van der Waals surface area contributed by atoms with Crippen molar-refractivity contribution in [3.63, 3.8) is 0 Å². The van der Waals surface area contributed by atoms with Crippen molar-refractivity contribution in [1.29, 1.82) is 0 Å². The van der Waals surface area contributed by atoms with Crippen LogP contribution in [0.4, 0.5) is 0 Å². The number of rotatable bonds is 1. The highest BCUT2D eigenvalue weighted by Crippen LogP contribution is 2.47. The van der Waals surface area contributed by atoms with Crippen molar-refractivity contribution in [1.82, 2.24) is 9.88 Å². The number of H-pyrrole nitrogens is 1. The predicted molar refractivity (Wildman–Crippen MR) is 77.7 cm³/mol. The Balaban J connectivity index is 2.00. The van der Waals surface area contributed by atoms with E-state index in [1.165, 1.54) is 16.5 Å². The van der Waals surface area contributed by atoms with Crippen LogP contribution in [0.5, 0.6) is 0 Å². The van der Waals surface area contributed by atoms with Crippen LogP contribution >= 0.6 is 0 Å². The number of piperidine rings is 1.